The summed E-state index contributed by atoms with van der Waals surface area (Å²) in [6.45, 7) is 1.93. The fourth-order valence-corrected chi connectivity index (χ4v) is 2.67. The molecule has 0 aliphatic carbocycles. The Kier molecular flexibility index (Phi) is 7.27. The Balaban J connectivity index is 0.00000242. The van der Waals surface area contributed by atoms with Crippen molar-refractivity contribution in [2.24, 2.45) is 0 Å². The summed E-state index contributed by atoms with van der Waals surface area (Å²) in [6.07, 6.45) is 3.24. The number of nitro benzene ring substituents is 1. The molecule has 6 nitrogen and oxygen atoms in total. The number of carbonyl (C=O) groups is 1. The van der Waals surface area contributed by atoms with Crippen molar-refractivity contribution in [3.63, 3.8) is 0 Å². The normalized spacial score (nSPS) is 18.0. The van der Waals surface area contributed by atoms with Crippen molar-refractivity contribution in [2.75, 3.05) is 20.1 Å². The molecule has 1 N–H and O–H groups in total. The van der Waals surface area contributed by atoms with Crippen LogP contribution in [0.15, 0.2) is 24.3 Å². The highest BCUT2D eigenvalue weighted by Crippen LogP contribution is 2.16. The topological polar surface area (TPSA) is 75.5 Å². The summed E-state index contributed by atoms with van der Waals surface area (Å²) in [5.41, 5.74) is 0.717. The largest absolute Gasteiger partial charge is 0.342 e. The zero-order chi connectivity index (χ0) is 15.2. The molecule has 0 spiro atoms. The molecule has 0 aromatic heterocycles. The molecule has 1 aromatic carbocycles. The Morgan fingerprint density at radius 2 is 2.18 bits per heavy atom. The molecule has 1 saturated heterocycles. The van der Waals surface area contributed by atoms with Crippen LogP contribution in [-0.2, 0) is 11.2 Å². The van der Waals surface area contributed by atoms with Gasteiger partial charge in [0.05, 0.1) is 11.3 Å². The molecule has 1 unspecified atom stereocenters. The van der Waals surface area contributed by atoms with Gasteiger partial charge >= 0.3 is 0 Å². The van der Waals surface area contributed by atoms with Gasteiger partial charge in [0.2, 0.25) is 5.91 Å². The van der Waals surface area contributed by atoms with Gasteiger partial charge in [-0.3, -0.25) is 14.9 Å². The van der Waals surface area contributed by atoms with Gasteiger partial charge in [0.15, 0.2) is 0 Å². The lowest BCUT2D eigenvalue weighted by Crippen LogP contribution is -2.38. The highest BCUT2D eigenvalue weighted by Gasteiger charge is 2.21. The second kappa shape index (κ2) is 8.70. The van der Waals surface area contributed by atoms with Gasteiger partial charge in [-0.15, -0.1) is 12.4 Å². The van der Waals surface area contributed by atoms with E-state index in [1.807, 2.05) is 7.05 Å². The van der Waals surface area contributed by atoms with Crippen LogP contribution in [0.3, 0.4) is 0 Å². The van der Waals surface area contributed by atoms with Crippen molar-refractivity contribution in [3.05, 3.63) is 39.9 Å². The van der Waals surface area contributed by atoms with Crippen LogP contribution in [0, 0.1) is 10.1 Å². The summed E-state index contributed by atoms with van der Waals surface area (Å²) in [5, 5.41) is 14.1. The fourth-order valence-electron chi connectivity index (χ4n) is 2.67. The number of likely N-dealkylation sites (N-methyl/N-ethyl adjacent to an activating group) is 1. The van der Waals surface area contributed by atoms with Gasteiger partial charge in [-0.05, 0) is 37.9 Å². The molecule has 7 heteroatoms. The molecule has 1 fully saturated rings. The van der Waals surface area contributed by atoms with E-state index in [4.69, 9.17) is 0 Å². The third-order valence-electron chi connectivity index (χ3n) is 3.96. The first-order valence-corrected chi connectivity index (χ1v) is 7.27. The molecule has 0 saturated carbocycles. The number of nitrogens with zero attached hydrogens (tertiary/aromatic N) is 2. The number of benzene rings is 1. The van der Waals surface area contributed by atoms with Gasteiger partial charge in [0.1, 0.15) is 0 Å². The molecular formula is C15H22ClN3O3. The Hall–Kier alpha value is -1.66. The molecular weight excluding hydrogens is 306 g/mol. The molecule has 22 heavy (non-hydrogen) atoms. The molecule has 2 rings (SSSR count). The number of nitro groups is 1. The van der Waals surface area contributed by atoms with Crippen LogP contribution in [0.1, 0.15) is 24.8 Å². The van der Waals surface area contributed by atoms with E-state index in [2.05, 4.69) is 5.32 Å². The Morgan fingerprint density at radius 1 is 1.41 bits per heavy atom. The van der Waals surface area contributed by atoms with Crippen molar-refractivity contribution in [3.8, 4) is 0 Å². The van der Waals surface area contributed by atoms with E-state index >= 15 is 0 Å². The highest BCUT2D eigenvalue weighted by molar-refractivity contribution is 5.85. The van der Waals surface area contributed by atoms with Crippen molar-refractivity contribution >= 4 is 24.0 Å². The molecule has 1 aliphatic heterocycles. The van der Waals surface area contributed by atoms with E-state index in [-0.39, 0.29) is 36.5 Å². The average Bonchev–Trinajstić information content (AvgIpc) is 2.75. The number of amides is 1. The smallest absolute Gasteiger partial charge is 0.269 e. The molecule has 122 valence electrons. The fraction of sp³-hybridized carbons (Fsp3) is 0.533. The Labute approximate surface area is 136 Å². The minimum Gasteiger partial charge on any atom is -0.342 e. The van der Waals surface area contributed by atoms with E-state index in [1.165, 1.54) is 12.1 Å². The number of carbonyl (C=O) groups excluding carboxylic acids is 1. The first-order chi connectivity index (χ1) is 10.1. The number of hydrogen-bond acceptors (Lipinski definition) is 4. The third-order valence-corrected chi connectivity index (χ3v) is 3.96. The summed E-state index contributed by atoms with van der Waals surface area (Å²) in [5.74, 6) is 0.0161. The predicted octanol–water partition coefficient (Wildman–Crippen LogP) is 2.16. The lowest BCUT2D eigenvalue weighted by molar-refractivity contribution is -0.384. The number of nitrogens with one attached hydrogen (secondary N) is 1. The van der Waals surface area contributed by atoms with Gasteiger partial charge in [0.25, 0.3) is 5.69 Å². The van der Waals surface area contributed by atoms with Gasteiger partial charge in [-0.1, -0.05) is 12.1 Å². The van der Waals surface area contributed by atoms with Gasteiger partial charge < -0.3 is 10.2 Å². The van der Waals surface area contributed by atoms with E-state index in [1.54, 1.807) is 17.0 Å². The van der Waals surface area contributed by atoms with E-state index in [0.29, 0.717) is 5.56 Å². The zero-order valence-electron chi connectivity index (χ0n) is 12.7. The van der Waals surface area contributed by atoms with Crippen molar-refractivity contribution in [1.82, 2.24) is 10.2 Å². The minimum atomic E-state index is -0.436. The number of halogens is 1. The molecule has 1 aliphatic rings. The summed E-state index contributed by atoms with van der Waals surface area (Å²) < 4.78 is 0. The van der Waals surface area contributed by atoms with Crippen LogP contribution in [-0.4, -0.2) is 41.9 Å². The standard InChI is InChI=1S/C15H21N3O3.ClH/c1-17(13-6-3-8-16-9-7-13)15(19)11-12-4-2-5-14(10-12)18(20)21;/h2,4-5,10,13,16H,3,6-9,11H2,1H3;1H. The lowest BCUT2D eigenvalue weighted by atomic mass is 10.1. The average molecular weight is 328 g/mol. The summed E-state index contributed by atoms with van der Waals surface area (Å²) in [7, 11) is 1.83. The lowest BCUT2D eigenvalue weighted by Gasteiger charge is -2.27. The summed E-state index contributed by atoms with van der Waals surface area (Å²) in [4.78, 5) is 24.5. The second-order valence-corrected chi connectivity index (χ2v) is 5.44. The van der Waals surface area contributed by atoms with Crippen LogP contribution in [0.25, 0.3) is 0 Å². The third kappa shape index (κ3) is 4.96. The maximum Gasteiger partial charge on any atom is 0.269 e. The van der Waals surface area contributed by atoms with E-state index < -0.39 is 4.92 Å². The number of non-ortho nitro benzene ring substituents is 1. The molecule has 0 radical (unpaired) electrons. The SMILES string of the molecule is CN(C(=O)Cc1cccc([N+](=O)[O-])c1)C1CCCNCC1.Cl. The van der Waals surface area contributed by atoms with E-state index in [9.17, 15) is 14.9 Å². The van der Waals surface area contributed by atoms with Crippen molar-refractivity contribution in [1.29, 1.82) is 0 Å². The minimum absolute atomic E-state index is 0. The Morgan fingerprint density at radius 3 is 2.91 bits per heavy atom. The zero-order valence-corrected chi connectivity index (χ0v) is 13.5. The van der Waals surface area contributed by atoms with Gasteiger partial charge in [0, 0.05) is 25.2 Å². The van der Waals surface area contributed by atoms with Crippen molar-refractivity contribution in [2.45, 2.75) is 31.7 Å². The number of rotatable bonds is 4. The molecule has 1 heterocycles. The molecule has 1 amide bonds. The highest BCUT2D eigenvalue weighted by atomic mass is 35.5. The summed E-state index contributed by atoms with van der Waals surface area (Å²) in [6, 6.07) is 6.55. The molecule has 1 aromatic rings. The quantitative estimate of drug-likeness (QED) is 0.679. The maximum atomic E-state index is 12.3. The van der Waals surface area contributed by atoms with Crippen LogP contribution in [0.5, 0.6) is 0 Å². The summed E-state index contributed by atoms with van der Waals surface area (Å²) >= 11 is 0. The van der Waals surface area contributed by atoms with Crippen LogP contribution in [0.2, 0.25) is 0 Å². The molecule has 0 bridgehead atoms. The molecule has 1 atom stereocenters. The first-order valence-electron chi connectivity index (χ1n) is 7.27. The van der Waals surface area contributed by atoms with Gasteiger partial charge in [-0.25, -0.2) is 0 Å². The van der Waals surface area contributed by atoms with Crippen LogP contribution in [0.4, 0.5) is 5.69 Å². The maximum absolute atomic E-state index is 12.3. The first kappa shape index (κ1) is 18.4. The van der Waals surface area contributed by atoms with Gasteiger partial charge in [-0.2, -0.15) is 0 Å². The monoisotopic (exact) mass is 327 g/mol. The Bertz CT molecular complexity index is 517. The number of hydrogen-bond donors (Lipinski definition) is 1. The van der Waals surface area contributed by atoms with E-state index in [0.717, 1.165) is 32.4 Å². The predicted molar refractivity (Wildman–Crippen MR) is 87.3 cm³/mol. The van der Waals surface area contributed by atoms with Crippen LogP contribution < -0.4 is 5.32 Å². The van der Waals surface area contributed by atoms with Crippen LogP contribution >= 0.6 is 12.4 Å². The van der Waals surface area contributed by atoms with Crippen molar-refractivity contribution < 1.29 is 9.72 Å². The second-order valence-electron chi connectivity index (χ2n) is 5.44.